The largest absolute Gasteiger partial charge is 0.366 e. The number of aliphatic imine (C=N–C) groups is 1. The summed E-state index contributed by atoms with van der Waals surface area (Å²) in [6.45, 7) is 5.94. The Morgan fingerprint density at radius 3 is 2.52 bits per heavy atom. The summed E-state index contributed by atoms with van der Waals surface area (Å²) in [5.41, 5.74) is 0.643. The van der Waals surface area contributed by atoms with Crippen molar-refractivity contribution in [2.24, 2.45) is 4.99 Å². The Hall–Kier alpha value is -2.31. The van der Waals surface area contributed by atoms with Gasteiger partial charge in [-0.05, 0) is 18.6 Å². The van der Waals surface area contributed by atoms with E-state index < -0.39 is 0 Å². The van der Waals surface area contributed by atoms with Crippen molar-refractivity contribution in [1.29, 1.82) is 0 Å². The Labute approximate surface area is 149 Å². The molecule has 1 aliphatic heterocycles. The van der Waals surface area contributed by atoms with Gasteiger partial charge in [-0.1, -0.05) is 19.1 Å². The predicted octanol–water partition coefficient (Wildman–Crippen LogP) is 1.39. The molecule has 1 aromatic rings. The molecule has 0 aliphatic carbocycles. The molecule has 0 bridgehead atoms. The van der Waals surface area contributed by atoms with Crippen LogP contribution in [-0.4, -0.2) is 75.0 Å². The standard InChI is InChI=1S/C18H28FN5O/c1-4-9-20-18(21-14-17(25)22(2)3)24-12-10-23(11-13-24)16-8-6-5-7-15(16)19/h5-8H,4,9-14H2,1-3H3,(H,20,21). The molecule has 0 radical (unpaired) electrons. The number of para-hydroxylation sites is 1. The van der Waals surface area contributed by atoms with E-state index in [-0.39, 0.29) is 18.3 Å². The summed E-state index contributed by atoms with van der Waals surface area (Å²) in [4.78, 5) is 22.0. The summed E-state index contributed by atoms with van der Waals surface area (Å²) in [7, 11) is 3.45. The molecule has 0 spiro atoms. The monoisotopic (exact) mass is 349 g/mol. The highest BCUT2D eigenvalue weighted by Crippen LogP contribution is 2.20. The molecule has 7 heteroatoms. The Morgan fingerprint density at radius 2 is 1.92 bits per heavy atom. The lowest BCUT2D eigenvalue weighted by atomic mass is 10.2. The average molecular weight is 349 g/mol. The number of amides is 1. The Morgan fingerprint density at radius 1 is 1.24 bits per heavy atom. The second kappa shape index (κ2) is 9.25. The van der Waals surface area contributed by atoms with Crippen LogP contribution in [-0.2, 0) is 4.79 Å². The van der Waals surface area contributed by atoms with Crippen LogP contribution in [0.3, 0.4) is 0 Å². The summed E-state index contributed by atoms with van der Waals surface area (Å²) in [5, 5.41) is 3.31. The van der Waals surface area contributed by atoms with Crippen molar-refractivity contribution in [1.82, 2.24) is 15.1 Å². The van der Waals surface area contributed by atoms with Crippen LogP contribution in [0.5, 0.6) is 0 Å². The zero-order valence-electron chi connectivity index (χ0n) is 15.3. The van der Waals surface area contributed by atoms with E-state index >= 15 is 0 Å². The number of piperazine rings is 1. The molecule has 0 unspecified atom stereocenters. The minimum absolute atomic E-state index is 0.0270. The highest BCUT2D eigenvalue weighted by molar-refractivity contribution is 5.85. The van der Waals surface area contributed by atoms with Gasteiger partial charge in [-0.15, -0.1) is 0 Å². The number of halogens is 1. The molecule has 25 heavy (non-hydrogen) atoms. The number of rotatable bonds is 5. The fourth-order valence-corrected chi connectivity index (χ4v) is 2.66. The van der Waals surface area contributed by atoms with Gasteiger partial charge < -0.3 is 20.0 Å². The Bertz CT molecular complexity index is 597. The molecule has 0 aromatic heterocycles. The van der Waals surface area contributed by atoms with Gasteiger partial charge in [0.2, 0.25) is 5.91 Å². The molecule has 1 heterocycles. The summed E-state index contributed by atoms with van der Waals surface area (Å²) < 4.78 is 13.9. The van der Waals surface area contributed by atoms with Gasteiger partial charge in [0.25, 0.3) is 0 Å². The van der Waals surface area contributed by atoms with Crippen LogP contribution in [0.15, 0.2) is 29.3 Å². The third-order valence-corrected chi connectivity index (χ3v) is 4.17. The van der Waals surface area contributed by atoms with E-state index in [0.29, 0.717) is 5.69 Å². The van der Waals surface area contributed by atoms with E-state index in [4.69, 9.17) is 0 Å². The topological polar surface area (TPSA) is 51.2 Å². The average Bonchev–Trinajstić information content (AvgIpc) is 2.62. The van der Waals surface area contributed by atoms with Crippen molar-refractivity contribution in [3.05, 3.63) is 30.1 Å². The molecule has 138 valence electrons. The quantitative estimate of drug-likeness (QED) is 0.645. The summed E-state index contributed by atoms with van der Waals surface area (Å²) in [5.74, 6) is 0.538. The highest BCUT2D eigenvalue weighted by atomic mass is 19.1. The summed E-state index contributed by atoms with van der Waals surface area (Å²) in [6.07, 6.45) is 0.982. The SMILES string of the molecule is CCCNC(=NCC(=O)N(C)C)N1CCN(c2ccccc2F)CC1. The fourth-order valence-electron chi connectivity index (χ4n) is 2.66. The molecule has 0 atom stereocenters. The van der Waals surface area contributed by atoms with E-state index in [1.807, 2.05) is 17.0 Å². The number of likely N-dealkylation sites (N-methyl/N-ethyl adjacent to an activating group) is 1. The Balaban J connectivity index is 1.99. The van der Waals surface area contributed by atoms with Crippen LogP contribution in [0.25, 0.3) is 0 Å². The van der Waals surface area contributed by atoms with E-state index in [0.717, 1.165) is 45.1 Å². The van der Waals surface area contributed by atoms with Gasteiger partial charge in [0.05, 0.1) is 5.69 Å². The number of nitrogens with zero attached hydrogens (tertiary/aromatic N) is 4. The van der Waals surface area contributed by atoms with Crippen molar-refractivity contribution in [3.8, 4) is 0 Å². The molecule has 1 aromatic carbocycles. The van der Waals surface area contributed by atoms with E-state index in [2.05, 4.69) is 22.1 Å². The number of hydrogen-bond acceptors (Lipinski definition) is 3. The second-order valence-corrected chi connectivity index (χ2v) is 6.28. The zero-order valence-corrected chi connectivity index (χ0v) is 15.3. The first-order valence-electron chi connectivity index (χ1n) is 8.75. The molecular weight excluding hydrogens is 321 g/mol. The van der Waals surface area contributed by atoms with E-state index in [1.54, 1.807) is 20.2 Å². The predicted molar refractivity (Wildman–Crippen MR) is 99.5 cm³/mol. The molecule has 1 saturated heterocycles. The molecule has 1 aliphatic rings. The second-order valence-electron chi connectivity index (χ2n) is 6.28. The van der Waals surface area contributed by atoms with Crippen molar-refractivity contribution in [3.63, 3.8) is 0 Å². The number of benzene rings is 1. The number of hydrogen-bond donors (Lipinski definition) is 1. The smallest absolute Gasteiger partial charge is 0.243 e. The van der Waals surface area contributed by atoms with Crippen LogP contribution >= 0.6 is 0 Å². The third-order valence-electron chi connectivity index (χ3n) is 4.17. The van der Waals surface area contributed by atoms with E-state index in [9.17, 15) is 9.18 Å². The van der Waals surface area contributed by atoms with Gasteiger partial charge in [-0.3, -0.25) is 4.79 Å². The maximum atomic E-state index is 13.9. The van der Waals surface area contributed by atoms with Gasteiger partial charge in [-0.25, -0.2) is 9.38 Å². The lowest BCUT2D eigenvalue weighted by Gasteiger charge is -2.37. The summed E-state index contributed by atoms with van der Waals surface area (Å²) in [6, 6.07) is 6.86. The van der Waals surface area contributed by atoms with Gasteiger partial charge in [0.15, 0.2) is 5.96 Å². The van der Waals surface area contributed by atoms with Crippen LogP contribution in [0, 0.1) is 5.82 Å². The minimum atomic E-state index is -0.189. The van der Waals surface area contributed by atoms with Gasteiger partial charge >= 0.3 is 0 Å². The van der Waals surface area contributed by atoms with Crippen molar-refractivity contribution in [2.45, 2.75) is 13.3 Å². The van der Waals surface area contributed by atoms with Gasteiger partial charge in [0.1, 0.15) is 12.4 Å². The van der Waals surface area contributed by atoms with Crippen molar-refractivity contribution >= 4 is 17.6 Å². The minimum Gasteiger partial charge on any atom is -0.366 e. The molecule has 0 saturated carbocycles. The van der Waals surface area contributed by atoms with Crippen LogP contribution in [0.2, 0.25) is 0 Å². The third kappa shape index (κ3) is 5.34. The zero-order chi connectivity index (χ0) is 18.2. The molecule has 6 nitrogen and oxygen atoms in total. The summed E-state index contributed by atoms with van der Waals surface area (Å²) >= 11 is 0. The molecular formula is C18H28FN5O. The van der Waals surface area contributed by atoms with Crippen LogP contribution in [0.1, 0.15) is 13.3 Å². The lowest BCUT2D eigenvalue weighted by molar-refractivity contribution is -0.127. The first-order valence-corrected chi connectivity index (χ1v) is 8.75. The molecule has 1 amide bonds. The van der Waals surface area contributed by atoms with E-state index in [1.165, 1.54) is 11.0 Å². The van der Waals surface area contributed by atoms with Gasteiger partial charge in [-0.2, -0.15) is 0 Å². The molecule has 1 fully saturated rings. The first-order chi connectivity index (χ1) is 12.0. The van der Waals surface area contributed by atoms with Crippen molar-refractivity contribution in [2.75, 3.05) is 58.3 Å². The van der Waals surface area contributed by atoms with Crippen LogP contribution in [0.4, 0.5) is 10.1 Å². The Kier molecular flexibility index (Phi) is 7.03. The number of guanidine groups is 1. The van der Waals surface area contributed by atoms with Gasteiger partial charge in [0, 0.05) is 46.8 Å². The normalized spacial score (nSPS) is 15.3. The number of carbonyl (C=O) groups is 1. The fraction of sp³-hybridized carbons (Fsp3) is 0.556. The van der Waals surface area contributed by atoms with Crippen LogP contribution < -0.4 is 10.2 Å². The highest BCUT2D eigenvalue weighted by Gasteiger charge is 2.21. The van der Waals surface area contributed by atoms with Crippen molar-refractivity contribution < 1.29 is 9.18 Å². The lowest BCUT2D eigenvalue weighted by Crippen LogP contribution is -2.53. The maximum Gasteiger partial charge on any atom is 0.243 e. The number of anilines is 1. The molecule has 2 rings (SSSR count). The number of carbonyl (C=O) groups excluding carboxylic acids is 1. The first kappa shape index (κ1) is 19.0. The molecule has 1 N–H and O–H groups in total. The maximum absolute atomic E-state index is 13.9. The number of nitrogens with one attached hydrogen (secondary N) is 1.